The van der Waals surface area contributed by atoms with Gasteiger partial charge in [0.2, 0.25) is 0 Å². The SMILES string of the molecule is COCCOc1cc(OC2CCOC2)c2c(Nc3ccc(F)c(Cl)c3)ncnc2c1. The highest BCUT2D eigenvalue weighted by Gasteiger charge is 2.21. The number of nitrogens with one attached hydrogen (secondary N) is 1. The van der Waals surface area contributed by atoms with Gasteiger partial charge >= 0.3 is 0 Å². The molecule has 4 rings (SSSR count). The molecule has 2 heterocycles. The summed E-state index contributed by atoms with van der Waals surface area (Å²) in [5.41, 5.74) is 1.24. The van der Waals surface area contributed by atoms with Crippen molar-refractivity contribution in [2.45, 2.75) is 12.5 Å². The van der Waals surface area contributed by atoms with Crippen LogP contribution in [0.3, 0.4) is 0 Å². The highest BCUT2D eigenvalue weighted by atomic mass is 35.5. The van der Waals surface area contributed by atoms with Gasteiger partial charge in [-0.05, 0) is 18.2 Å². The van der Waals surface area contributed by atoms with Gasteiger partial charge in [-0.1, -0.05) is 11.6 Å². The zero-order valence-corrected chi connectivity index (χ0v) is 17.1. The topological polar surface area (TPSA) is 74.7 Å². The lowest BCUT2D eigenvalue weighted by molar-refractivity contribution is 0.140. The van der Waals surface area contributed by atoms with Gasteiger partial charge in [0.25, 0.3) is 0 Å². The van der Waals surface area contributed by atoms with Crippen LogP contribution in [0.5, 0.6) is 11.5 Å². The van der Waals surface area contributed by atoms with Gasteiger partial charge in [-0.25, -0.2) is 14.4 Å². The van der Waals surface area contributed by atoms with Crippen LogP contribution in [-0.4, -0.2) is 49.6 Å². The maximum atomic E-state index is 13.5. The van der Waals surface area contributed by atoms with Crippen molar-refractivity contribution in [1.29, 1.82) is 0 Å². The third kappa shape index (κ3) is 4.72. The minimum absolute atomic E-state index is 0.0202. The predicted octanol–water partition coefficient (Wildman–Crippen LogP) is 4.36. The molecule has 1 unspecified atom stereocenters. The number of hydrogen-bond acceptors (Lipinski definition) is 7. The maximum absolute atomic E-state index is 13.5. The van der Waals surface area contributed by atoms with Crippen molar-refractivity contribution >= 4 is 34.0 Å². The molecule has 0 saturated carbocycles. The smallest absolute Gasteiger partial charge is 0.145 e. The number of halogens is 2. The molecular formula is C21H21ClFN3O4. The Balaban J connectivity index is 1.72. The van der Waals surface area contributed by atoms with Crippen molar-refractivity contribution in [3.8, 4) is 11.5 Å². The van der Waals surface area contributed by atoms with Crippen molar-refractivity contribution < 1.29 is 23.3 Å². The molecule has 1 aromatic heterocycles. The Morgan fingerprint density at radius 2 is 2.13 bits per heavy atom. The van der Waals surface area contributed by atoms with Crippen molar-refractivity contribution in [1.82, 2.24) is 9.97 Å². The van der Waals surface area contributed by atoms with Crippen LogP contribution < -0.4 is 14.8 Å². The molecule has 0 amide bonds. The Morgan fingerprint density at radius 1 is 1.23 bits per heavy atom. The van der Waals surface area contributed by atoms with Gasteiger partial charge in [-0.3, -0.25) is 0 Å². The van der Waals surface area contributed by atoms with Crippen molar-refractivity contribution in [3.05, 3.63) is 47.5 Å². The van der Waals surface area contributed by atoms with Crippen LogP contribution in [-0.2, 0) is 9.47 Å². The fraction of sp³-hybridized carbons (Fsp3) is 0.333. The van der Waals surface area contributed by atoms with Crippen molar-refractivity contribution in [3.63, 3.8) is 0 Å². The van der Waals surface area contributed by atoms with Crippen molar-refractivity contribution in [2.75, 3.05) is 38.9 Å². The lowest BCUT2D eigenvalue weighted by atomic mass is 10.2. The normalized spacial score (nSPS) is 16.0. The first-order valence-electron chi connectivity index (χ1n) is 9.51. The average Bonchev–Trinajstić information content (AvgIpc) is 3.24. The predicted molar refractivity (Wildman–Crippen MR) is 111 cm³/mol. The first-order chi connectivity index (χ1) is 14.6. The zero-order chi connectivity index (χ0) is 20.9. The number of aromatic nitrogens is 2. The van der Waals surface area contributed by atoms with E-state index in [1.807, 2.05) is 12.1 Å². The number of nitrogens with zero attached hydrogens (tertiary/aromatic N) is 2. The van der Waals surface area contributed by atoms with Crippen LogP contribution in [0.15, 0.2) is 36.7 Å². The largest absolute Gasteiger partial charge is 0.491 e. The summed E-state index contributed by atoms with van der Waals surface area (Å²) >= 11 is 5.91. The number of benzene rings is 2. The van der Waals surface area contributed by atoms with Gasteiger partial charge in [0.15, 0.2) is 0 Å². The van der Waals surface area contributed by atoms with Gasteiger partial charge in [0.05, 0.1) is 35.7 Å². The number of fused-ring (bicyclic) bond motifs is 1. The standard InChI is InChI=1S/C21H21ClFN3O4/c1-27-6-7-29-15-9-18-20(19(10-15)30-14-4-5-28-11-14)21(25-12-24-18)26-13-2-3-17(23)16(22)8-13/h2-3,8-10,12,14H,4-7,11H2,1H3,(H,24,25,26). The Bertz CT molecular complexity index is 1030. The van der Waals surface area contributed by atoms with E-state index < -0.39 is 5.82 Å². The van der Waals surface area contributed by atoms with E-state index >= 15 is 0 Å². The summed E-state index contributed by atoms with van der Waals surface area (Å²) in [4.78, 5) is 8.74. The van der Waals surface area contributed by atoms with Crippen molar-refractivity contribution in [2.24, 2.45) is 0 Å². The molecule has 1 N–H and O–H groups in total. The number of anilines is 2. The van der Waals surface area contributed by atoms with E-state index in [1.54, 1.807) is 13.2 Å². The van der Waals surface area contributed by atoms with E-state index in [4.69, 9.17) is 30.5 Å². The Morgan fingerprint density at radius 3 is 2.90 bits per heavy atom. The van der Waals surface area contributed by atoms with E-state index in [1.165, 1.54) is 18.5 Å². The van der Waals surface area contributed by atoms with Crippen LogP contribution in [0.1, 0.15) is 6.42 Å². The molecule has 1 aliphatic heterocycles. The fourth-order valence-electron chi connectivity index (χ4n) is 3.14. The first kappa shape index (κ1) is 20.6. The van der Waals surface area contributed by atoms with E-state index in [9.17, 15) is 4.39 Å². The first-order valence-corrected chi connectivity index (χ1v) is 9.89. The van der Waals surface area contributed by atoms with Crippen LogP contribution in [0.2, 0.25) is 5.02 Å². The van der Waals surface area contributed by atoms with Gasteiger partial charge in [-0.2, -0.15) is 0 Å². The number of hydrogen-bond donors (Lipinski definition) is 1. The monoisotopic (exact) mass is 433 g/mol. The summed E-state index contributed by atoms with van der Waals surface area (Å²) < 4.78 is 36.0. The molecule has 2 aromatic carbocycles. The van der Waals surface area contributed by atoms with E-state index in [0.29, 0.717) is 60.3 Å². The summed E-state index contributed by atoms with van der Waals surface area (Å²) in [6, 6.07) is 8.00. The Labute approximate surface area is 178 Å². The zero-order valence-electron chi connectivity index (χ0n) is 16.4. The summed E-state index contributed by atoms with van der Waals surface area (Å²) in [7, 11) is 1.62. The van der Waals surface area contributed by atoms with Crippen LogP contribution in [0.25, 0.3) is 10.9 Å². The lowest BCUT2D eigenvalue weighted by Gasteiger charge is -2.18. The Hall–Kier alpha value is -2.68. The molecule has 0 bridgehead atoms. The number of rotatable bonds is 8. The minimum Gasteiger partial charge on any atom is -0.491 e. The Kier molecular flexibility index (Phi) is 6.47. The summed E-state index contributed by atoms with van der Waals surface area (Å²) in [6.45, 7) is 2.04. The summed E-state index contributed by atoms with van der Waals surface area (Å²) in [5.74, 6) is 1.22. The molecule has 7 nitrogen and oxygen atoms in total. The van der Waals surface area contributed by atoms with Gasteiger partial charge in [0, 0.05) is 31.4 Å². The molecule has 1 saturated heterocycles. The van der Waals surface area contributed by atoms with E-state index in [0.717, 1.165) is 6.42 Å². The molecular weight excluding hydrogens is 413 g/mol. The average molecular weight is 434 g/mol. The second-order valence-electron chi connectivity index (χ2n) is 6.74. The quantitative estimate of drug-likeness (QED) is 0.529. The molecule has 30 heavy (non-hydrogen) atoms. The summed E-state index contributed by atoms with van der Waals surface area (Å²) in [6.07, 6.45) is 2.16. The third-order valence-corrected chi connectivity index (χ3v) is 4.89. The third-order valence-electron chi connectivity index (χ3n) is 4.60. The molecule has 0 spiro atoms. The molecule has 3 aromatic rings. The molecule has 158 valence electrons. The highest BCUT2D eigenvalue weighted by molar-refractivity contribution is 6.31. The summed E-state index contributed by atoms with van der Waals surface area (Å²) in [5, 5.41) is 3.88. The number of methoxy groups -OCH3 is 1. The molecule has 9 heteroatoms. The molecule has 1 fully saturated rings. The van der Waals surface area contributed by atoms with Gasteiger partial charge < -0.3 is 24.3 Å². The molecule has 0 aliphatic carbocycles. The minimum atomic E-state index is -0.488. The number of ether oxygens (including phenoxy) is 4. The molecule has 0 radical (unpaired) electrons. The van der Waals surface area contributed by atoms with E-state index in [2.05, 4.69) is 15.3 Å². The van der Waals surface area contributed by atoms with Crippen LogP contribution in [0, 0.1) is 5.82 Å². The van der Waals surface area contributed by atoms with Crippen LogP contribution >= 0.6 is 11.6 Å². The lowest BCUT2D eigenvalue weighted by Crippen LogP contribution is -2.16. The molecule has 1 aliphatic rings. The second-order valence-corrected chi connectivity index (χ2v) is 7.14. The van der Waals surface area contributed by atoms with E-state index in [-0.39, 0.29) is 11.1 Å². The highest BCUT2D eigenvalue weighted by Crippen LogP contribution is 2.37. The molecule has 1 atom stereocenters. The van der Waals surface area contributed by atoms with Crippen LogP contribution in [0.4, 0.5) is 15.9 Å². The fourth-order valence-corrected chi connectivity index (χ4v) is 3.32. The van der Waals surface area contributed by atoms with Gasteiger partial charge in [0.1, 0.15) is 42.2 Å². The van der Waals surface area contributed by atoms with Gasteiger partial charge in [-0.15, -0.1) is 0 Å². The maximum Gasteiger partial charge on any atom is 0.145 e. The second kappa shape index (κ2) is 9.42.